The topological polar surface area (TPSA) is 76.7 Å². The molecule has 0 spiro atoms. The Morgan fingerprint density at radius 3 is 2.21 bits per heavy atom. The molecule has 0 saturated heterocycles. The van der Waals surface area contributed by atoms with Crippen molar-refractivity contribution >= 4 is 29.4 Å². The Morgan fingerprint density at radius 2 is 1.71 bits per heavy atom. The molecule has 2 N–H and O–H groups in total. The minimum atomic E-state index is -5.24. The fourth-order valence-corrected chi connectivity index (χ4v) is 1.90. The fourth-order valence-electron chi connectivity index (χ4n) is 1.71. The molecular formula is C14H16ClF3N2O4. The summed E-state index contributed by atoms with van der Waals surface area (Å²) < 4.78 is 50.0. The average molecular weight is 369 g/mol. The van der Waals surface area contributed by atoms with Gasteiger partial charge in [0.1, 0.15) is 0 Å². The molecular weight excluding hydrogens is 353 g/mol. The van der Waals surface area contributed by atoms with Gasteiger partial charge in [0, 0.05) is 0 Å². The smallest absolute Gasteiger partial charge is 0.442 e. The van der Waals surface area contributed by atoms with Gasteiger partial charge in [-0.25, -0.2) is 9.59 Å². The highest BCUT2D eigenvalue weighted by Gasteiger charge is 2.64. The summed E-state index contributed by atoms with van der Waals surface area (Å²) in [5.41, 5.74) is -3.78. The van der Waals surface area contributed by atoms with E-state index in [1.807, 2.05) is 5.32 Å². The third kappa shape index (κ3) is 4.44. The van der Waals surface area contributed by atoms with Crippen molar-refractivity contribution in [1.82, 2.24) is 5.32 Å². The number of esters is 1. The third-order valence-electron chi connectivity index (χ3n) is 2.77. The molecule has 0 bridgehead atoms. The zero-order valence-electron chi connectivity index (χ0n) is 12.9. The Bertz CT molecular complexity index is 598. The van der Waals surface area contributed by atoms with Crippen LogP contribution in [0.5, 0.6) is 0 Å². The van der Waals surface area contributed by atoms with Crippen molar-refractivity contribution in [1.29, 1.82) is 0 Å². The van der Waals surface area contributed by atoms with Crippen LogP contribution in [-0.2, 0) is 14.3 Å². The van der Waals surface area contributed by atoms with Crippen molar-refractivity contribution in [3.8, 4) is 0 Å². The molecule has 1 rings (SSSR count). The summed E-state index contributed by atoms with van der Waals surface area (Å²) in [7, 11) is 0. The maximum Gasteiger partial charge on any atom is 0.442 e. The molecule has 0 aromatic heterocycles. The number of alkyl carbamates (subject to hydrolysis) is 1. The molecule has 10 heteroatoms. The summed E-state index contributed by atoms with van der Waals surface area (Å²) in [6.07, 6.45) is -6.69. The molecule has 0 aliphatic heterocycles. The van der Waals surface area contributed by atoms with Crippen molar-refractivity contribution in [2.75, 3.05) is 18.5 Å². The second-order valence-electron chi connectivity index (χ2n) is 4.42. The number of carbonyl (C=O) groups excluding carboxylic acids is 2. The first-order valence-electron chi connectivity index (χ1n) is 6.89. The molecule has 134 valence electrons. The monoisotopic (exact) mass is 368 g/mol. The SMILES string of the molecule is CCOC(=O)N[C@@](Nc1ccccc1Cl)(C(=O)OCC)C(F)(F)F. The molecule has 1 amide bonds. The summed E-state index contributed by atoms with van der Waals surface area (Å²) in [5, 5.41) is 3.35. The van der Waals surface area contributed by atoms with Gasteiger partial charge in [-0.2, -0.15) is 13.2 Å². The van der Waals surface area contributed by atoms with Gasteiger partial charge in [0.2, 0.25) is 0 Å². The quantitative estimate of drug-likeness (QED) is 0.595. The number of hydrogen-bond acceptors (Lipinski definition) is 5. The van der Waals surface area contributed by atoms with Crippen molar-refractivity contribution in [2.45, 2.75) is 25.7 Å². The van der Waals surface area contributed by atoms with E-state index >= 15 is 0 Å². The number of carbonyl (C=O) groups is 2. The number of rotatable bonds is 6. The molecule has 0 unspecified atom stereocenters. The lowest BCUT2D eigenvalue weighted by atomic mass is 10.1. The van der Waals surface area contributed by atoms with Crippen molar-refractivity contribution in [3.05, 3.63) is 29.3 Å². The van der Waals surface area contributed by atoms with E-state index in [2.05, 4.69) is 9.47 Å². The molecule has 0 radical (unpaired) electrons. The van der Waals surface area contributed by atoms with Gasteiger partial charge in [-0.15, -0.1) is 0 Å². The maximum absolute atomic E-state index is 13.7. The summed E-state index contributed by atoms with van der Waals surface area (Å²) in [6, 6.07) is 5.44. The molecule has 0 fully saturated rings. The Hall–Kier alpha value is -2.16. The predicted octanol–water partition coefficient (Wildman–Crippen LogP) is 3.32. The normalized spacial score (nSPS) is 13.6. The number of nitrogens with one attached hydrogen (secondary N) is 2. The number of amides is 1. The molecule has 1 aromatic rings. The number of halogens is 4. The van der Waals surface area contributed by atoms with E-state index in [9.17, 15) is 22.8 Å². The van der Waals surface area contributed by atoms with Crippen LogP contribution in [0.3, 0.4) is 0 Å². The van der Waals surface area contributed by atoms with Crippen molar-refractivity contribution in [3.63, 3.8) is 0 Å². The van der Waals surface area contributed by atoms with Gasteiger partial charge in [0.15, 0.2) is 0 Å². The molecule has 6 nitrogen and oxygen atoms in total. The molecule has 24 heavy (non-hydrogen) atoms. The number of benzene rings is 1. The minimum Gasteiger partial charge on any atom is -0.463 e. The highest BCUT2D eigenvalue weighted by Crippen LogP contribution is 2.35. The number of hydrogen-bond donors (Lipinski definition) is 2. The van der Waals surface area contributed by atoms with Gasteiger partial charge in [-0.3, -0.25) is 5.32 Å². The number of alkyl halides is 3. The van der Waals surface area contributed by atoms with Gasteiger partial charge in [0.25, 0.3) is 0 Å². The molecule has 0 aliphatic carbocycles. The van der Waals surface area contributed by atoms with E-state index in [-0.39, 0.29) is 23.9 Å². The van der Waals surface area contributed by atoms with E-state index in [0.29, 0.717) is 0 Å². The Balaban J connectivity index is 3.37. The zero-order chi connectivity index (χ0) is 18.4. The van der Waals surface area contributed by atoms with Crippen LogP contribution < -0.4 is 10.6 Å². The van der Waals surface area contributed by atoms with Gasteiger partial charge in [0.05, 0.1) is 23.9 Å². The van der Waals surface area contributed by atoms with Gasteiger partial charge in [-0.05, 0) is 26.0 Å². The van der Waals surface area contributed by atoms with Crippen LogP contribution in [0.15, 0.2) is 24.3 Å². The molecule has 0 saturated carbocycles. The van der Waals surface area contributed by atoms with Crippen LogP contribution in [0.25, 0.3) is 0 Å². The van der Waals surface area contributed by atoms with Crippen molar-refractivity contribution in [2.24, 2.45) is 0 Å². The minimum absolute atomic E-state index is 0.0823. The van der Waals surface area contributed by atoms with Gasteiger partial charge >= 0.3 is 23.9 Å². The zero-order valence-corrected chi connectivity index (χ0v) is 13.6. The average Bonchev–Trinajstić information content (AvgIpc) is 2.48. The third-order valence-corrected chi connectivity index (χ3v) is 3.10. The van der Waals surface area contributed by atoms with Crippen LogP contribution >= 0.6 is 11.6 Å². The van der Waals surface area contributed by atoms with Crippen LogP contribution in [0.1, 0.15) is 13.8 Å². The van der Waals surface area contributed by atoms with E-state index in [0.717, 1.165) is 0 Å². The molecule has 0 heterocycles. The van der Waals surface area contributed by atoms with E-state index in [1.54, 1.807) is 0 Å². The summed E-state index contributed by atoms with van der Waals surface area (Å²) in [5.74, 6) is -1.74. The van der Waals surface area contributed by atoms with Gasteiger partial charge < -0.3 is 14.8 Å². The highest BCUT2D eigenvalue weighted by molar-refractivity contribution is 6.33. The highest BCUT2D eigenvalue weighted by atomic mass is 35.5. The fraction of sp³-hybridized carbons (Fsp3) is 0.429. The predicted molar refractivity (Wildman–Crippen MR) is 80.7 cm³/mol. The first-order valence-corrected chi connectivity index (χ1v) is 7.27. The Labute approximate surface area is 141 Å². The summed E-state index contributed by atoms with van der Waals surface area (Å²) in [6.45, 7) is 2.22. The number of anilines is 1. The Morgan fingerprint density at radius 1 is 1.12 bits per heavy atom. The second kappa shape index (κ2) is 8.09. The van der Waals surface area contributed by atoms with E-state index < -0.39 is 23.9 Å². The van der Waals surface area contributed by atoms with Gasteiger partial charge in [-0.1, -0.05) is 23.7 Å². The van der Waals surface area contributed by atoms with E-state index in [4.69, 9.17) is 11.6 Å². The second-order valence-corrected chi connectivity index (χ2v) is 4.83. The van der Waals surface area contributed by atoms with Crippen LogP contribution in [0.4, 0.5) is 23.7 Å². The largest absolute Gasteiger partial charge is 0.463 e. The lowest BCUT2D eigenvalue weighted by molar-refractivity contribution is -0.205. The molecule has 1 aromatic carbocycles. The molecule has 1 atom stereocenters. The first-order chi connectivity index (χ1) is 11.2. The van der Waals surface area contributed by atoms with Crippen LogP contribution in [0, 0.1) is 0 Å². The first kappa shape index (κ1) is 19.9. The summed E-state index contributed by atoms with van der Waals surface area (Å²) in [4.78, 5) is 23.6. The number of para-hydroxylation sites is 1. The lowest BCUT2D eigenvalue weighted by Crippen LogP contribution is -2.69. The summed E-state index contributed by atoms with van der Waals surface area (Å²) >= 11 is 5.83. The van der Waals surface area contributed by atoms with Crippen LogP contribution in [0.2, 0.25) is 5.02 Å². The van der Waals surface area contributed by atoms with E-state index in [1.165, 1.54) is 43.4 Å². The standard InChI is InChI=1S/C14H16ClF3N2O4/c1-3-23-11(21)13(14(16,17)18,20-12(22)24-4-2)19-10-8-6-5-7-9(10)15/h5-8,19H,3-4H2,1-2H3,(H,20,22)/t13-/m0/s1. The van der Waals surface area contributed by atoms with Crippen molar-refractivity contribution < 1.29 is 32.2 Å². The maximum atomic E-state index is 13.7. The molecule has 0 aliphatic rings. The Kier molecular flexibility index (Phi) is 6.70. The van der Waals surface area contributed by atoms with Crippen LogP contribution in [-0.4, -0.2) is 37.1 Å². The lowest BCUT2D eigenvalue weighted by Gasteiger charge is -2.35. The number of ether oxygens (including phenoxy) is 2.